The maximum atomic E-state index is 11.2. The highest BCUT2D eigenvalue weighted by Crippen LogP contribution is 2.13. The summed E-state index contributed by atoms with van der Waals surface area (Å²) in [5, 5.41) is 21.1. The molecule has 0 aliphatic heterocycles. The molecule has 0 aromatic heterocycles. The molecule has 102 valence electrons. The van der Waals surface area contributed by atoms with Crippen LogP contribution in [0.1, 0.15) is 18.4 Å². The number of hydrogen-bond acceptors (Lipinski definition) is 4. The predicted octanol–water partition coefficient (Wildman–Crippen LogP) is 1.12. The summed E-state index contributed by atoms with van der Waals surface area (Å²) in [6, 6.07) is 6.13. The molecule has 0 unspecified atom stereocenters. The van der Waals surface area contributed by atoms with Crippen LogP contribution in [-0.4, -0.2) is 28.5 Å². The number of hydrogen-bond donors (Lipinski definition) is 2. The molecule has 0 aliphatic carbocycles. The number of nitro benzene ring substituents is 1. The number of benzene rings is 1. The number of rotatable bonds is 7. The van der Waals surface area contributed by atoms with Gasteiger partial charge < -0.3 is 10.4 Å². The smallest absolute Gasteiger partial charge is 0.322 e. The number of carboxylic acids is 1. The summed E-state index contributed by atoms with van der Waals surface area (Å²) in [5.74, 6) is -1.40. The lowest BCUT2D eigenvalue weighted by Gasteiger charge is -2.02. The van der Waals surface area contributed by atoms with E-state index in [0.29, 0.717) is 12.8 Å². The quantitative estimate of drug-likeness (QED) is 0.567. The van der Waals surface area contributed by atoms with Crippen LogP contribution in [-0.2, 0) is 16.0 Å². The van der Waals surface area contributed by atoms with Gasteiger partial charge in [-0.15, -0.1) is 0 Å². The summed E-state index contributed by atoms with van der Waals surface area (Å²) in [5.41, 5.74) is 0.930. The first kappa shape index (κ1) is 14.6. The molecule has 0 fully saturated rings. The first-order valence-electron chi connectivity index (χ1n) is 5.71. The Morgan fingerprint density at radius 2 is 1.89 bits per heavy atom. The Kier molecular flexibility index (Phi) is 5.46. The first-order valence-corrected chi connectivity index (χ1v) is 5.71. The predicted molar refractivity (Wildman–Crippen MR) is 66.7 cm³/mol. The molecule has 0 atom stereocenters. The van der Waals surface area contributed by atoms with Crippen LogP contribution in [0, 0.1) is 10.1 Å². The maximum absolute atomic E-state index is 11.2. The number of nitro groups is 1. The van der Waals surface area contributed by atoms with E-state index in [2.05, 4.69) is 5.32 Å². The van der Waals surface area contributed by atoms with Gasteiger partial charge in [-0.3, -0.25) is 19.7 Å². The van der Waals surface area contributed by atoms with Gasteiger partial charge in [0.2, 0.25) is 5.91 Å². The third-order valence-electron chi connectivity index (χ3n) is 2.45. The second kappa shape index (κ2) is 7.10. The Balaban J connectivity index is 2.31. The molecule has 7 heteroatoms. The van der Waals surface area contributed by atoms with Crippen molar-refractivity contribution in [2.75, 3.05) is 6.54 Å². The molecule has 1 aromatic rings. The fourth-order valence-electron chi connectivity index (χ4n) is 1.50. The molecule has 0 saturated heterocycles. The molecule has 0 radical (unpaired) electrons. The third-order valence-corrected chi connectivity index (χ3v) is 2.45. The summed E-state index contributed by atoms with van der Waals surface area (Å²) in [4.78, 5) is 31.4. The van der Waals surface area contributed by atoms with Crippen molar-refractivity contribution < 1.29 is 19.6 Å². The van der Waals surface area contributed by atoms with Gasteiger partial charge in [-0.2, -0.15) is 0 Å². The van der Waals surface area contributed by atoms with Crippen LogP contribution in [0.3, 0.4) is 0 Å². The van der Waals surface area contributed by atoms with E-state index in [0.717, 1.165) is 5.56 Å². The van der Waals surface area contributed by atoms with Crippen molar-refractivity contribution in [2.45, 2.75) is 19.3 Å². The monoisotopic (exact) mass is 266 g/mol. The van der Waals surface area contributed by atoms with E-state index >= 15 is 0 Å². The van der Waals surface area contributed by atoms with E-state index in [9.17, 15) is 19.7 Å². The van der Waals surface area contributed by atoms with Crippen molar-refractivity contribution in [3.63, 3.8) is 0 Å². The fraction of sp³-hybridized carbons (Fsp3) is 0.333. The third kappa shape index (κ3) is 5.62. The van der Waals surface area contributed by atoms with Crippen molar-refractivity contribution >= 4 is 17.6 Å². The highest BCUT2D eigenvalue weighted by atomic mass is 16.6. The Bertz CT molecular complexity index is 470. The molecule has 1 amide bonds. The summed E-state index contributed by atoms with van der Waals surface area (Å²) in [6.07, 6.45) is 1.39. The average Bonchev–Trinajstić information content (AvgIpc) is 2.37. The van der Waals surface area contributed by atoms with Crippen LogP contribution in [0.2, 0.25) is 0 Å². The van der Waals surface area contributed by atoms with Crippen LogP contribution in [0.5, 0.6) is 0 Å². The van der Waals surface area contributed by atoms with Gasteiger partial charge in [-0.25, -0.2) is 0 Å². The molecule has 0 bridgehead atoms. The number of non-ortho nitro benzene ring substituents is 1. The lowest BCUT2D eigenvalue weighted by atomic mass is 10.1. The molecule has 7 nitrogen and oxygen atoms in total. The van der Waals surface area contributed by atoms with Gasteiger partial charge in [0.15, 0.2) is 0 Å². The minimum absolute atomic E-state index is 0.0305. The van der Waals surface area contributed by atoms with E-state index in [4.69, 9.17) is 5.11 Å². The van der Waals surface area contributed by atoms with Crippen molar-refractivity contribution in [3.05, 3.63) is 39.9 Å². The zero-order valence-electron chi connectivity index (χ0n) is 10.2. The first-order chi connectivity index (χ1) is 8.99. The molecule has 2 N–H and O–H groups in total. The number of nitrogens with one attached hydrogen (secondary N) is 1. The Labute approximate surface area is 109 Å². The van der Waals surface area contributed by atoms with Gasteiger partial charge in [-0.05, 0) is 18.4 Å². The van der Waals surface area contributed by atoms with Gasteiger partial charge in [0, 0.05) is 18.6 Å². The molecule has 1 rings (SSSR count). The summed E-state index contributed by atoms with van der Waals surface area (Å²) in [6.45, 7) is -0.379. The van der Waals surface area contributed by atoms with Crippen LogP contribution in [0.15, 0.2) is 24.3 Å². The summed E-state index contributed by atoms with van der Waals surface area (Å²) < 4.78 is 0. The van der Waals surface area contributed by atoms with Crippen molar-refractivity contribution in [1.82, 2.24) is 5.32 Å². The summed E-state index contributed by atoms with van der Waals surface area (Å²) in [7, 11) is 0. The van der Waals surface area contributed by atoms with Crippen molar-refractivity contribution in [1.29, 1.82) is 0 Å². The van der Waals surface area contributed by atoms with Crippen LogP contribution >= 0.6 is 0 Å². The topological polar surface area (TPSA) is 110 Å². The largest absolute Gasteiger partial charge is 0.480 e. The Morgan fingerprint density at radius 3 is 2.42 bits per heavy atom. The van der Waals surface area contributed by atoms with Gasteiger partial charge in [0.25, 0.3) is 5.69 Å². The Morgan fingerprint density at radius 1 is 1.26 bits per heavy atom. The minimum Gasteiger partial charge on any atom is -0.480 e. The van der Waals surface area contributed by atoms with Crippen LogP contribution < -0.4 is 5.32 Å². The molecule has 0 spiro atoms. The minimum atomic E-state index is -1.08. The van der Waals surface area contributed by atoms with Crippen molar-refractivity contribution in [3.8, 4) is 0 Å². The SMILES string of the molecule is O=C(O)CNC(=O)CCCc1ccc([N+](=O)[O-])cc1. The highest BCUT2D eigenvalue weighted by molar-refractivity contribution is 5.80. The van der Waals surface area contributed by atoms with Crippen LogP contribution in [0.4, 0.5) is 5.69 Å². The molecular weight excluding hydrogens is 252 g/mol. The van der Waals surface area contributed by atoms with Crippen LogP contribution in [0.25, 0.3) is 0 Å². The number of amides is 1. The number of carbonyl (C=O) groups excluding carboxylic acids is 1. The fourth-order valence-corrected chi connectivity index (χ4v) is 1.50. The average molecular weight is 266 g/mol. The number of carboxylic acid groups (broad SMARTS) is 1. The molecule has 0 saturated carbocycles. The zero-order valence-corrected chi connectivity index (χ0v) is 10.2. The van der Waals surface area contributed by atoms with Crippen molar-refractivity contribution in [2.24, 2.45) is 0 Å². The lowest BCUT2D eigenvalue weighted by Crippen LogP contribution is -2.28. The maximum Gasteiger partial charge on any atom is 0.322 e. The number of aliphatic carboxylic acids is 1. The number of nitrogens with zero attached hydrogens (tertiary/aromatic N) is 1. The standard InChI is InChI=1S/C12H14N2O5/c15-11(13-8-12(16)17)3-1-2-9-4-6-10(7-5-9)14(18)19/h4-7H,1-3,8H2,(H,13,15)(H,16,17). The second-order valence-corrected chi connectivity index (χ2v) is 3.95. The van der Waals surface area contributed by atoms with E-state index < -0.39 is 10.9 Å². The van der Waals surface area contributed by atoms with E-state index in [1.165, 1.54) is 12.1 Å². The Hall–Kier alpha value is -2.44. The lowest BCUT2D eigenvalue weighted by molar-refractivity contribution is -0.384. The van der Waals surface area contributed by atoms with E-state index in [-0.39, 0.29) is 24.6 Å². The molecule has 0 heterocycles. The van der Waals surface area contributed by atoms with Gasteiger partial charge >= 0.3 is 5.97 Å². The van der Waals surface area contributed by atoms with E-state index in [1.807, 2.05) is 0 Å². The van der Waals surface area contributed by atoms with Gasteiger partial charge in [-0.1, -0.05) is 12.1 Å². The van der Waals surface area contributed by atoms with Gasteiger partial charge in [0.05, 0.1) is 4.92 Å². The highest BCUT2D eigenvalue weighted by Gasteiger charge is 2.06. The molecular formula is C12H14N2O5. The normalized spacial score (nSPS) is 9.89. The molecule has 19 heavy (non-hydrogen) atoms. The second-order valence-electron chi connectivity index (χ2n) is 3.95. The van der Waals surface area contributed by atoms with Gasteiger partial charge in [0.1, 0.15) is 6.54 Å². The van der Waals surface area contributed by atoms with E-state index in [1.54, 1.807) is 12.1 Å². The zero-order chi connectivity index (χ0) is 14.3. The molecule has 0 aliphatic rings. The summed E-state index contributed by atoms with van der Waals surface area (Å²) >= 11 is 0. The number of aryl methyl sites for hydroxylation is 1. The number of carbonyl (C=O) groups is 2. The molecule has 1 aromatic carbocycles.